The van der Waals surface area contributed by atoms with Crippen molar-refractivity contribution in [2.24, 2.45) is 0 Å². The number of methoxy groups -OCH3 is 1. The maximum absolute atomic E-state index is 12.3. The zero-order chi connectivity index (χ0) is 16.0. The van der Waals surface area contributed by atoms with Crippen molar-refractivity contribution < 1.29 is 32.6 Å². The van der Waals surface area contributed by atoms with Gasteiger partial charge in [-0.15, -0.1) is 0 Å². The minimum atomic E-state index is -4.70. The lowest BCUT2D eigenvalue weighted by Crippen LogP contribution is -2.45. The first-order chi connectivity index (χ1) is 9.74. The van der Waals surface area contributed by atoms with Gasteiger partial charge in [0, 0.05) is 7.11 Å². The van der Waals surface area contributed by atoms with Crippen LogP contribution in [0.4, 0.5) is 13.2 Å². The van der Waals surface area contributed by atoms with Crippen LogP contribution in [0.15, 0.2) is 30.3 Å². The number of amides is 1. The summed E-state index contributed by atoms with van der Waals surface area (Å²) < 4.78 is 41.8. The summed E-state index contributed by atoms with van der Waals surface area (Å²) in [4.78, 5) is 22.7. The van der Waals surface area contributed by atoms with E-state index in [0.717, 1.165) is 0 Å². The van der Waals surface area contributed by atoms with E-state index < -0.39 is 36.6 Å². The summed E-state index contributed by atoms with van der Waals surface area (Å²) in [7, 11) is 1.21. The number of hydrogen-bond acceptors (Lipinski definition) is 3. The second-order valence-corrected chi connectivity index (χ2v) is 4.25. The van der Waals surface area contributed by atoms with Crippen molar-refractivity contribution >= 4 is 11.9 Å². The number of benzene rings is 1. The minimum absolute atomic E-state index is 0.411. The molecule has 2 N–H and O–H groups in total. The summed E-state index contributed by atoms with van der Waals surface area (Å²) in [6.45, 7) is 0. The lowest BCUT2D eigenvalue weighted by molar-refractivity contribution is -0.161. The Hall–Kier alpha value is -2.09. The maximum atomic E-state index is 12.3. The number of hydrogen-bond donors (Lipinski definition) is 2. The van der Waals surface area contributed by atoms with E-state index in [1.54, 1.807) is 30.3 Å². The van der Waals surface area contributed by atoms with Crippen LogP contribution in [0.5, 0.6) is 0 Å². The molecule has 0 fully saturated rings. The molecule has 0 saturated carbocycles. The number of halogens is 3. The standard InChI is InChI=1S/C13H14F3NO4/c1-21-10(8-5-3-2-4-6-8)11(18)17-9(12(19)20)7-13(14,15)16/h2-6,9-10H,7H2,1H3,(H,17,18)(H,19,20). The van der Waals surface area contributed by atoms with E-state index >= 15 is 0 Å². The number of carbonyl (C=O) groups is 2. The Morgan fingerprint density at radius 1 is 1.29 bits per heavy atom. The zero-order valence-corrected chi connectivity index (χ0v) is 11.1. The van der Waals surface area contributed by atoms with Crippen LogP contribution in [0.1, 0.15) is 18.1 Å². The molecule has 0 aromatic heterocycles. The molecule has 21 heavy (non-hydrogen) atoms. The highest BCUT2D eigenvalue weighted by molar-refractivity contribution is 5.87. The van der Waals surface area contributed by atoms with Gasteiger partial charge in [0.15, 0.2) is 6.10 Å². The van der Waals surface area contributed by atoms with E-state index in [4.69, 9.17) is 9.84 Å². The normalized spacial score (nSPS) is 14.3. The van der Waals surface area contributed by atoms with E-state index in [2.05, 4.69) is 0 Å². The summed E-state index contributed by atoms with van der Waals surface area (Å²) in [6, 6.07) is 5.98. The molecule has 0 saturated heterocycles. The second kappa shape index (κ2) is 7.07. The fourth-order valence-electron chi connectivity index (χ4n) is 1.70. The number of carboxylic acid groups (broad SMARTS) is 1. The van der Waals surface area contributed by atoms with Crippen molar-refractivity contribution in [1.29, 1.82) is 0 Å². The first-order valence-corrected chi connectivity index (χ1v) is 5.92. The van der Waals surface area contributed by atoms with E-state index in [-0.39, 0.29) is 0 Å². The third-order valence-corrected chi connectivity index (χ3v) is 2.63. The van der Waals surface area contributed by atoms with Gasteiger partial charge in [-0.3, -0.25) is 4.79 Å². The first kappa shape index (κ1) is 17.0. The SMILES string of the molecule is COC(C(=O)NC(CC(F)(F)F)C(=O)O)c1ccccc1. The Bertz CT molecular complexity index is 490. The zero-order valence-electron chi connectivity index (χ0n) is 11.1. The van der Waals surface area contributed by atoms with E-state index in [1.165, 1.54) is 7.11 Å². The molecule has 0 aliphatic heterocycles. The first-order valence-electron chi connectivity index (χ1n) is 5.92. The summed E-state index contributed by atoms with van der Waals surface area (Å²) in [5.74, 6) is -2.70. The van der Waals surface area contributed by atoms with Gasteiger partial charge in [0.25, 0.3) is 5.91 Å². The predicted molar refractivity (Wildman–Crippen MR) is 66.4 cm³/mol. The van der Waals surface area contributed by atoms with Crippen LogP contribution in [0.2, 0.25) is 0 Å². The molecule has 0 radical (unpaired) electrons. The van der Waals surface area contributed by atoms with Crippen LogP contribution < -0.4 is 5.32 Å². The van der Waals surface area contributed by atoms with Gasteiger partial charge >= 0.3 is 12.1 Å². The number of carbonyl (C=O) groups excluding carboxylic acids is 1. The topological polar surface area (TPSA) is 75.6 Å². The molecule has 1 amide bonds. The fraction of sp³-hybridized carbons (Fsp3) is 0.385. The number of ether oxygens (including phenoxy) is 1. The van der Waals surface area contributed by atoms with E-state index in [9.17, 15) is 22.8 Å². The molecule has 0 aliphatic rings. The predicted octanol–water partition coefficient (Wildman–Crippen LogP) is 1.90. The van der Waals surface area contributed by atoms with Gasteiger partial charge in [-0.25, -0.2) is 4.79 Å². The maximum Gasteiger partial charge on any atom is 0.391 e. The van der Waals surface area contributed by atoms with Gasteiger partial charge in [0.05, 0.1) is 6.42 Å². The number of rotatable bonds is 6. The highest BCUT2D eigenvalue weighted by atomic mass is 19.4. The summed E-state index contributed by atoms with van der Waals surface area (Å²) in [5, 5.41) is 10.6. The Kier molecular flexibility index (Phi) is 5.71. The molecule has 0 aliphatic carbocycles. The molecule has 1 aromatic carbocycles. The quantitative estimate of drug-likeness (QED) is 0.841. The van der Waals surface area contributed by atoms with Gasteiger partial charge in [-0.2, -0.15) is 13.2 Å². The Morgan fingerprint density at radius 2 is 1.86 bits per heavy atom. The van der Waals surface area contributed by atoms with Crippen LogP contribution in [0.3, 0.4) is 0 Å². The molecule has 5 nitrogen and oxygen atoms in total. The van der Waals surface area contributed by atoms with Crippen LogP contribution in [0.25, 0.3) is 0 Å². The minimum Gasteiger partial charge on any atom is -0.480 e. The molecule has 1 rings (SSSR count). The molecule has 1 aromatic rings. The molecule has 0 bridgehead atoms. The number of aliphatic carboxylic acids is 1. The Labute approximate surface area is 118 Å². The summed E-state index contributed by atoms with van der Waals surface area (Å²) in [6.07, 6.45) is -7.54. The van der Waals surface area contributed by atoms with Crippen molar-refractivity contribution in [3.05, 3.63) is 35.9 Å². The molecular formula is C13H14F3NO4. The van der Waals surface area contributed by atoms with Crippen molar-refractivity contribution in [2.75, 3.05) is 7.11 Å². The largest absolute Gasteiger partial charge is 0.480 e. The monoisotopic (exact) mass is 305 g/mol. The third-order valence-electron chi connectivity index (χ3n) is 2.63. The highest BCUT2D eigenvalue weighted by Crippen LogP contribution is 2.23. The average Bonchev–Trinajstić information content (AvgIpc) is 2.38. The molecule has 2 unspecified atom stereocenters. The highest BCUT2D eigenvalue weighted by Gasteiger charge is 2.37. The summed E-state index contributed by atoms with van der Waals surface area (Å²) >= 11 is 0. The molecule has 2 atom stereocenters. The lowest BCUT2D eigenvalue weighted by Gasteiger charge is -2.20. The second-order valence-electron chi connectivity index (χ2n) is 4.25. The Balaban J connectivity index is 2.83. The Morgan fingerprint density at radius 3 is 2.29 bits per heavy atom. The van der Waals surface area contributed by atoms with Crippen LogP contribution in [0, 0.1) is 0 Å². The van der Waals surface area contributed by atoms with Crippen molar-refractivity contribution in [2.45, 2.75) is 24.7 Å². The smallest absolute Gasteiger partial charge is 0.391 e. The molecular weight excluding hydrogens is 291 g/mol. The van der Waals surface area contributed by atoms with Gasteiger partial charge in [0.1, 0.15) is 6.04 Å². The molecule has 116 valence electrons. The average molecular weight is 305 g/mol. The number of alkyl halides is 3. The van der Waals surface area contributed by atoms with Gasteiger partial charge in [0.2, 0.25) is 0 Å². The van der Waals surface area contributed by atoms with Crippen molar-refractivity contribution in [1.82, 2.24) is 5.32 Å². The van der Waals surface area contributed by atoms with Crippen LogP contribution in [-0.2, 0) is 14.3 Å². The van der Waals surface area contributed by atoms with Gasteiger partial charge < -0.3 is 15.2 Å². The molecule has 0 spiro atoms. The molecule has 0 heterocycles. The third kappa shape index (κ3) is 5.42. The number of carboxylic acids is 1. The number of nitrogens with one attached hydrogen (secondary N) is 1. The lowest BCUT2D eigenvalue weighted by atomic mass is 10.1. The fourth-order valence-corrected chi connectivity index (χ4v) is 1.70. The van der Waals surface area contributed by atoms with Crippen molar-refractivity contribution in [3.8, 4) is 0 Å². The van der Waals surface area contributed by atoms with Gasteiger partial charge in [-0.05, 0) is 5.56 Å². The van der Waals surface area contributed by atoms with E-state index in [0.29, 0.717) is 5.56 Å². The van der Waals surface area contributed by atoms with Gasteiger partial charge in [-0.1, -0.05) is 30.3 Å². The molecule has 8 heteroatoms. The summed E-state index contributed by atoms with van der Waals surface area (Å²) in [5.41, 5.74) is 0.411. The van der Waals surface area contributed by atoms with E-state index in [1.807, 2.05) is 5.32 Å². The van der Waals surface area contributed by atoms with Crippen LogP contribution in [-0.4, -0.2) is 36.3 Å². The van der Waals surface area contributed by atoms with Crippen molar-refractivity contribution in [3.63, 3.8) is 0 Å². The van der Waals surface area contributed by atoms with Crippen LogP contribution >= 0.6 is 0 Å².